The van der Waals surface area contributed by atoms with Crippen molar-refractivity contribution in [1.29, 1.82) is 0 Å². The molecule has 24 heavy (non-hydrogen) atoms. The zero-order chi connectivity index (χ0) is 17.1. The zero-order valence-corrected chi connectivity index (χ0v) is 14.3. The number of amides is 2. The van der Waals surface area contributed by atoms with Crippen molar-refractivity contribution >= 4 is 11.7 Å². The normalized spacial score (nSPS) is 18.0. The van der Waals surface area contributed by atoms with E-state index in [2.05, 4.69) is 15.6 Å². The van der Waals surface area contributed by atoms with E-state index >= 15 is 0 Å². The number of rotatable bonds is 4. The number of carbonyl (C=O) groups excluding carboxylic acids is 1. The van der Waals surface area contributed by atoms with Gasteiger partial charge in [0.25, 0.3) is 0 Å². The van der Waals surface area contributed by atoms with Crippen LogP contribution in [0.15, 0.2) is 16.9 Å². The first-order chi connectivity index (χ1) is 11.6. The summed E-state index contributed by atoms with van der Waals surface area (Å²) in [7, 11) is 0. The van der Waals surface area contributed by atoms with E-state index in [0.717, 1.165) is 12.1 Å². The van der Waals surface area contributed by atoms with Crippen molar-refractivity contribution in [3.63, 3.8) is 0 Å². The van der Waals surface area contributed by atoms with Crippen LogP contribution < -0.4 is 5.32 Å². The molecule has 3 rings (SSSR count). The van der Waals surface area contributed by atoms with E-state index in [1.807, 2.05) is 31.6 Å². The maximum atomic E-state index is 12.6. The highest BCUT2D eigenvalue weighted by molar-refractivity contribution is 5.90. The van der Waals surface area contributed by atoms with Gasteiger partial charge in [0.15, 0.2) is 5.76 Å². The molecule has 0 spiro atoms. The summed E-state index contributed by atoms with van der Waals surface area (Å²) in [4.78, 5) is 14.3. The average molecular weight is 333 g/mol. The Morgan fingerprint density at radius 1 is 1.46 bits per heavy atom. The summed E-state index contributed by atoms with van der Waals surface area (Å²) in [5, 5.41) is 11.1. The second-order valence-electron chi connectivity index (χ2n) is 5.78. The van der Waals surface area contributed by atoms with Gasteiger partial charge in [-0.15, -0.1) is 0 Å². The van der Waals surface area contributed by atoms with Crippen molar-refractivity contribution in [2.24, 2.45) is 0 Å². The fraction of sp³-hybridized carbons (Fsp3) is 0.562. The van der Waals surface area contributed by atoms with Crippen LogP contribution in [0.1, 0.15) is 37.0 Å². The third-order valence-electron chi connectivity index (χ3n) is 4.19. The molecule has 2 aromatic heterocycles. The minimum absolute atomic E-state index is 0.154. The van der Waals surface area contributed by atoms with Crippen LogP contribution in [0.3, 0.4) is 0 Å². The highest BCUT2D eigenvalue weighted by Gasteiger charge is 2.27. The Morgan fingerprint density at radius 3 is 3.00 bits per heavy atom. The van der Waals surface area contributed by atoms with E-state index in [-0.39, 0.29) is 12.1 Å². The van der Waals surface area contributed by atoms with Gasteiger partial charge in [0.1, 0.15) is 17.5 Å². The third kappa shape index (κ3) is 3.28. The summed E-state index contributed by atoms with van der Waals surface area (Å²) in [6.45, 7) is 8.17. The largest absolute Gasteiger partial charge is 0.370 e. The van der Waals surface area contributed by atoms with Gasteiger partial charge in [-0.2, -0.15) is 5.10 Å². The van der Waals surface area contributed by atoms with Crippen LogP contribution in [0.2, 0.25) is 0 Å². The summed E-state index contributed by atoms with van der Waals surface area (Å²) in [6.07, 6.45) is 4.29. The van der Waals surface area contributed by atoms with Crippen molar-refractivity contribution in [2.45, 2.75) is 39.8 Å². The molecule has 0 aromatic carbocycles. The molecule has 3 heterocycles. The molecule has 2 aromatic rings. The number of carbonyl (C=O) groups is 1. The standard InChI is InChI=1S/C16H23N5O3/c1-4-13-15(11(3)19-24-13)18-16(22)20-6-7-23-14(10-20)12-8-17-21(5-2)9-12/h8-9,14H,4-7,10H2,1-3H3,(H,18,22)/t14-/m0/s1. The summed E-state index contributed by atoms with van der Waals surface area (Å²) in [5.41, 5.74) is 2.35. The van der Waals surface area contributed by atoms with Gasteiger partial charge < -0.3 is 19.5 Å². The molecule has 1 fully saturated rings. The molecule has 0 radical (unpaired) electrons. The molecular weight excluding hydrogens is 310 g/mol. The predicted molar refractivity (Wildman–Crippen MR) is 87.8 cm³/mol. The number of aromatic nitrogens is 3. The fourth-order valence-corrected chi connectivity index (χ4v) is 2.76. The monoisotopic (exact) mass is 333 g/mol. The molecule has 0 saturated carbocycles. The quantitative estimate of drug-likeness (QED) is 0.928. The van der Waals surface area contributed by atoms with Gasteiger partial charge in [0, 0.05) is 31.3 Å². The lowest BCUT2D eigenvalue weighted by Crippen LogP contribution is -2.44. The van der Waals surface area contributed by atoms with Crippen LogP contribution in [-0.4, -0.2) is 45.6 Å². The van der Waals surface area contributed by atoms with Gasteiger partial charge in [0.2, 0.25) is 0 Å². The Labute approximate surface area is 140 Å². The predicted octanol–water partition coefficient (Wildman–Crippen LogP) is 2.37. The lowest BCUT2D eigenvalue weighted by Gasteiger charge is -2.32. The van der Waals surface area contributed by atoms with Crippen molar-refractivity contribution in [2.75, 3.05) is 25.0 Å². The van der Waals surface area contributed by atoms with Crippen molar-refractivity contribution in [3.8, 4) is 0 Å². The molecule has 1 aliphatic heterocycles. The summed E-state index contributed by atoms with van der Waals surface area (Å²) in [6, 6.07) is -0.160. The minimum atomic E-state index is -0.160. The maximum Gasteiger partial charge on any atom is 0.322 e. The van der Waals surface area contributed by atoms with E-state index in [4.69, 9.17) is 9.26 Å². The molecule has 0 bridgehead atoms. The molecule has 1 saturated heterocycles. The first-order valence-electron chi connectivity index (χ1n) is 8.27. The molecule has 2 amide bonds. The Bertz CT molecular complexity index is 708. The molecule has 1 aliphatic rings. The number of nitrogens with one attached hydrogen (secondary N) is 1. The van der Waals surface area contributed by atoms with Gasteiger partial charge in [-0.3, -0.25) is 4.68 Å². The maximum absolute atomic E-state index is 12.6. The SMILES string of the molecule is CCc1onc(C)c1NC(=O)N1CCO[C@H](c2cnn(CC)c2)C1. The Hall–Kier alpha value is -2.35. The Balaban J connectivity index is 1.67. The van der Waals surface area contributed by atoms with Crippen LogP contribution in [-0.2, 0) is 17.7 Å². The highest BCUT2D eigenvalue weighted by Crippen LogP contribution is 2.24. The van der Waals surface area contributed by atoms with Crippen molar-refractivity contribution in [1.82, 2.24) is 19.8 Å². The fourth-order valence-electron chi connectivity index (χ4n) is 2.76. The molecule has 1 atom stereocenters. The highest BCUT2D eigenvalue weighted by atomic mass is 16.5. The van der Waals surface area contributed by atoms with Crippen molar-refractivity contribution < 1.29 is 14.1 Å². The van der Waals surface area contributed by atoms with Gasteiger partial charge in [-0.25, -0.2) is 4.79 Å². The Morgan fingerprint density at radius 2 is 2.29 bits per heavy atom. The van der Waals surface area contributed by atoms with Gasteiger partial charge in [0.05, 0.1) is 19.3 Å². The number of urea groups is 1. The molecule has 0 unspecified atom stereocenters. The second-order valence-corrected chi connectivity index (χ2v) is 5.78. The lowest BCUT2D eigenvalue weighted by molar-refractivity contribution is -0.0135. The molecule has 130 valence electrons. The Kier molecular flexibility index (Phi) is 4.84. The zero-order valence-electron chi connectivity index (χ0n) is 14.3. The van der Waals surface area contributed by atoms with Crippen LogP contribution >= 0.6 is 0 Å². The van der Waals surface area contributed by atoms with Crippen LogP contribution in [0.4, 0.5) is 10.5 Å². The van der Waals surface area contributed by atoms with Gasteiger partial charge >= 0.3 is 6.03 Å². The summed E-state index contributed by atoms with van der Waals surface area (Å²) >= 11 is 0. The van der Waals surface area contributed by atoms with Crippen LogP contribution in [0.25, 0.3) is 0 Å². The molecule has 8 nitrogen and oxygen atoms in total. The second kappa shape index (κ2) is 7.04. The third-order valence-corrected chi connectivity index (χ3v) is 4.19. The summed E-state index contributed by atoms with van der Waals surface area (Å²) < 4.78 is 12.9. The first kappa shape index (κ1) is 16.5. The van der Waals surface area contributed by atoms with E-state index in [0.29, 0.717) is 43.3 Å². The van der Waals surface area contributed by atoms with E-state index < -0.39 is 0 Å². The smallest absolute Gasteiger partial charge is 0.322 e. The number of nitrogens with zero attached hydrogens (tertiary/aromatic N) is 4. The van der Waals surface area contributed by atoms with E-state index in [1.54, 1.807) is 11.1 Å². The topological polar surface area (TPSA) is 85.4 Å². The molecule has 8 heteroatoms. The van der Waals surface area contributed by atoms with Crippen LogP contribution in [0.5, 0.6) is 0 Å². The number of anilines is 1. The van der Waals surface area contributed by atoms with Gasteiger partial charge in [-0.1, -0.05) is 12.1 Å². The van der Waals surface area contributed by atoms with Crippen LogP contribution in [0, 0.1) is 6.92 Å². The average Bonchev–Trinajstić information content (AvgIpc) is 3.22. The van der Waals surface area contributed by atoms with E-state index in [9.17, 15) is 4.79 Å². The van der Waals surface area contributed by atoms with Gasteiger partial charge in [-0.05, 0) is 13.8 Å². The van der Waals surface area contributed by atoms with E-state index in [1.165, 1.54) is 0 Å². The lowest BCUT2D eigenvalue weighted by atomic mass is 10.1. The number of ether oxygens (including phenoxy) is 1. The molecule has 0 aliphatic carbocycles. The number of morpholine rings is 1. The number of hydrogen-bond acceptors (Lipinski definition) is 5. The number of aryl methyl sites for hydroxylation is 3. The first-order valence-corrected chi connectivity index (χ1v) is 8.27. The molecule has 1 N–H and O–H groups in total. The number of hydrogen-bond donors (Lipinski definition) is 1. The van der Waals surface area contributed by atoms with Crippen molar-refractivity contribution in [3.05, 3.63) is 29.4 Å². The summed E-state index contributed by atoms with van der Waals surface area (Å²) in [5.74, 6) is 0.690. The molecular formula is C16H23N5O3. The minimum Gasteiger partial charge on any atom is -0.370 e.